The minimum atomic E-state index is -3.19. The number of fused-ring (bicyclic) bond motifs is 4. The lowest BCUT2D eigenvalue weighted by molar-refractivity contribution is 0.0376. The number of ether oxygens (including phenoxy) is 4. The first-order valence-electron chi connectivity index (χ1n) is 38.6. The van der Waals surface area contributed by atoms with Gasteiger partial charge in [0, 0.05) is 109 Å². The lowest BCUT2D eigenvalue weighted by Crippen LogP contribution is -2.38. The molecule has 0 radical (unpaired) electrons. The first-order chi connectivity index (χ1) is 53.4. The fourth-order valence-electron chi connectivity index (χ4n) is 15.3. The van der Waals surface area contributed by atoms with E-state index in [1.807, 2.05) is 72.3 Å². The number of carbonyl (C=O) groups excluding carboxylic acids is 4. The molecule has 8 aromatic heterocycles. The molecule has 616 valence electrons. The topological polar surface area (TPSA) is 435 Å². The molecule has 4 fully saturated rings. The van der Waals surface area contributed by atoms with E-state index in [9.17, 15) is 52.8 Å². The molecule has 4 aliphatic carbocycles. The summed E-state index contributed by atoms with van der Waals surface area (Å²) in [7, 11) is -1.62. The van der Waals surface area contributed by atoms with Crippen LogP contribution in [0.15, 0.2) is 73.8 Å². The second kappa shape index (κ2) is 40.0. The lowest BCUT2D eigenvalue weighted by Gasteiger charge is -2.36. The number of nitrogens with zero attached hydrogens (tertiary/aromatic N) is 6. The first-order valence-corrected chi connectivity index (χ1v) is 45.2. The highest BCUT2D eigenvalue weighted by Gasteiger charge is 2.35. The second-order valence-corrected chi connectivity index (χ2v) is 37.4. The SMILES string of the molecule is CCCOC(=O)c1cnc2[nH]ccc2c1N(C)C1CCC(CS(=O)(=O)NC)CC1.CCCOC(=O)c1cnc2[nH]ccc2c1NC1CCC(CS(=O)(=O)NC)CC1.CNS(=O)(=O)CC1CCC(N(C)c2c(C(=O)OC)cnc3[nH]ccc23)CC1.CNS(=O)(=O)CC1CCC(Nc2c(C(=O)OC(C)C)cnc3[nH]ccc23)CC1. The summed E-state index contributed by atoms with van der Waals surface area (Å²) < 4.78 is 125. The Bertz CT molecular complexity index is 4940. The summed E-state index contributed by atoms with van der Waals surface area (Å²) in [6.07, 6.45) is 28.2. The van der Waals surface area contributed by atoms with Crippen LogP contribution in [-0.2, 0) is 59.0 Å². The number of carbonyl (C=O) groups is 4. The van der Waals surface area contributed by atoms with Crippen LogP contribution in [-0.4, -0.2) is 213 Å². The molecule has 12 rings (SSSR count). The minimum absolute atomic E-state index is 0.158. The molecule has 0 unspecified atom stereocenters. The van der Waals surface area contributed by atoms with E-state index < -0.39 is 52.0 Å². The van der Waals surface area contributed by atoms with Gasteiger partial charge in [-0.15, -0.1) is 0 Å². The molecule has 0 amide bonds. The zero-order chi connectivity index (χ0) is 81.1. The molecule has 8 heterocycles. The molecule has 0 aromatic carbocycles. The summed E-state index contributed by atoms with van der Waals surface area (Å²) in [4.78, 5) is 83.8. The quantitative estimate of drug-likeness (QED) is 0.0154. The lowest BCUT2D eigenvalue weighted by atomic mass is 9.86. The summed E-state index contributed by atoms with van der Waals surface area (Å²) >= 11 is 0. The highest BCUT2D eigenvalue weighted by molar-refractivity contribution is 7.90. The minimum Gasteiger partial charge on any atom is -0.465 e. The Hall–Kier alpha value is -8.52. The maximum atomic E-state index is 12.6. The predicted molar refractivity (Wildman–Crippen MR) is 436 cm³/mol. The van der Waals surface area contributed by atoms with Crippen LogP contribution in [0.4, 0.5) is 22.7 Å². The summed E-state index contributed by atoms with van der Waals surface area (Å²) in [6.45, 7) is 8.28. The highest BCUT2D eigenvalue weighted by Crippen LogP contribution is 2.40. The van der Waals surface area contributed by atoms with Gasteiger partial charge in [-0.25, -0.2) is 91.7 Å². The van der Waals surface area contributed by atoms with Gasteiger partial charge in [0.2, 0.25) is 40.1 Å². The Kier molecular flexibility index (Phi) is 31.2. The number of sulfonamides is 4. The van der Waals surface area contributed by atoms with Crippen LogP contribution in [0.25, 0.3) is 44.1 Å². The molecule has 112 heavy (non-hydrogen) atoms. The molecule has 0 bridgehead atoms. The van der Waals surface area contributed by atoms with Crippen molar-refractivity contribution in [2.45, 2.75) is 174 Å². The van der Waals surface area contributed by atoms with Gasteiger partial charge in [0.1, 0.15) is 44.8 Å². The van der Waals surface area contributed by atoms with Crippen LogP contribution in [0.2, 0.25) is 0 Å². The molecule has 0 saturated heterocycles. The molecular weight excluding hydrogens is 1520 g/mol. The van der Waals surface area contributed by atoms with E-state index in [0.717, 1.165) is 171 Å². The van der Waals surface area contributed by atoms with Crippen molar-refractivity contribution in [2.75, 3.05) is 106 Å². The maximum absolute atomic E-state index is 12.6. The molecule has 0 spiro atoms. The third-order valence-electron chi connectivity index (χ3n) is 21.5. The fourth-order valence-corrected chi connectivity index (χ4v) is 19.8. The number of methoxy groups -OCH3 is 1. The van der Waals surface area contributed by atoms with Gasteiger partial charge in [-0.3, -0.25) is 0 Å². The van der Waals surface area contributed by atoms with Crippen molar-refractivity contribution in [3.8, 4) is 0 Å². The van der Waals surface area contributed by atoms with E-state index in [0.29, 0.717) is 46.8 Å². The maximum Gasteiger partial charge on any atom is 0.342 e. The third-order valence-corrected chi connectivity index (χ3v) is 27.6. The zero-order valence-electron chi connectivity index (χ0n) is 65.9. The van der Waals surface area contributed by atoms with Gasteiger partial charge >= 0.3 is 23.9 Å². The van der Waals surface area contributed by atoms with E-state index >= 15 is 0 Å². The number of nitrogens with one attached hydrogen (secondary N) is 10. The van der Waals surface area contributed by atoms with Gasteiger partial charge < -0.3 is 59.3 Å². The van der Waals surface area contributed by atoms with E-state index in [1.54, 1.807) is 37.2 Å². The fraction of sp³-hybridized carbons (Fsp3) is 0.579. The third kappa shape index (κ3) is 23.3. The summed E-state index contributed by atoms with van der Waals surface area (Å²) in [5.41, 5.74) is 7.71. The Morgan fingerprint density at radius 3 is 1.03 bits per heavy atom. The van der Waals surface area contributed by atoms with Gasteiger partial charge in [0.25, 0.3) is 0 Å². The Morgan fingerprint density at radius 2 is 0.714 bits per heavy atom. The van der Waals surface area contributed by atoms with Gasteiger partial charge in [0.05, 0.1) is 72.2 Å². The number of aromatic amines is 4. The van der Waals surface area contributed by atoms with E-state index in [4.69, 9.17) is 18.9 Å². The van der Waals surface area contributed by atoms with E-state index in [-0.39, 0.29) is 88.9 Å². The van der Waals surface area contributed by atoms with Gasteiger partial charge in [-0.1, -0.05) is 13.8 Å². The van der Waals surface area contributed by atoms with Crippen molar-refractivity contribution in [3.05, 3.63) is 96.1 Å². The molecule has 0 atom stereocenters. The van der Waals surface area contributed by atoms with Crippen LogP contribution in [0.1, 0.15) is 185 Å². The Labute approximate surface area is 657 Å². The van der Waals surface area contributed by atoms with Gasteiger partial charge in [-0.2, -0.15) is 0 Å². The van der Waals surface area contributed by atoms with Crippen LogP contribution in [0.3, 0.4) is 0 Å². The largest absolute Gasteiger partial charge is 0.465 e. The average molecular weight is 1630 g/mol. The molecule has 8 aromatic rings. The summed E-state index contributed by atoms with van der Waals surface area (Å²) in [6, 6.07) is 8.41. The van der Waals surface area contributed by atoms with Gasteiger partial charge in [0.15, 0.2) is 0 Å². The Balaban J connectivity index is 0.000000171. The van der Waals surface area contributed by atoms with Crippen molar-refractivity contribution in [1.82, 2.24) is 58.8 Å². The number of pyridine rings is 4. The van der Waals surface area contributed by atoms with Crippen LogP contribution < -0.4 is 39.3 Å². The predicted octanol–water partition coefficient (Wildman–Crippen LogP) is 9.87. The van der Waals surface area contributed by atoms with Crippen molar-refractivity contribution in [2.24, 2.45) is 23.7 Å². The number of hydrogen-bond acceptors (Lipinski definition) is 24. The standard InChI is InChI=1S/C20H30N4O4S.2C19H28N4O4S.C18H26N4O4S/c1-4-11-28-20(25)17-12-23-19-16(9-10-22-19)18(17)24(3)15-7-5-14(6-8-15)13-29(26,27)21-2;1-12(2)27-19(24)16-10-22-18-15(8-9-21-18)17(16)23-14-6-4-13(5-7-14)11-28(25,26)20-3;1-3-10-27-19(24)16-11-22-18-15(8-9-21-18)17(16)23-14-6-4-13(5-7-14)12-28(25,26)20-2;1-19-27(24,25)11-12-4-6-13(7-5-12)22(2)16-14-8-9-20-17(14)21-10-15(16)18(23)26-3/h9-10,12,14-15,21H,4-8,11,13H2,1-3H3,(H,22,23);8-10,12-14,20H,4-7,11H2,1-3H3,(H2,21,22,23);8-9,11,13-14,20H,3-7,10,12H2,1-2H3,(H2,21,22,23);8-10,12-13,19H,4-7,11H2,1-3H3,(H,20,21). The zero-order valence-corrected chi connectivity index (χ0v) is 69.2. The van der Waals surface area contributed by atoms with E-state index in [2.05, 4.69) is 79.2 Å². The van der Waals surface area contributed by atoms with Crippen LogP contribution >= 0.6 is 0 Å². The molecule has 32 nitrogen and oxygen atoms in total. The van der Waals surface area contributed by atoms with E-state index in [1.165, 1.54) is 41.5 Å². The normalized spacial score (nSPS) is 20.3. The average Bonchev–Trinajstić information content (AvgIpc) is 1.61. The van der Waals surface area contributed by atoms with Crippen LogP contribution in [0, 0.1) is 23.7 Å². The monoisotopic (exact) mass is 1630 g/mol. The number of esters is 4. The number of hydrogen-bond donors (Lipinski definition) is 10. The molecular formula is C76H112N16O16S4. The smallest absolute Gasteiger partial charge is 0.342 e. The summed E-state index contributed by atoms with van der Waals surface area (Å²) in [5.74, 6) is -0.236. The van der Waals surface area contributed by atoms with Crippen LogP contribution in [0.5, 0.6) is 0 Å². The number of rotatable bonds is 29. The molecule has 10 N–H and O–H groups in total. The molecule has 36 heteroatoms. The molecule has 4 aliphatic rings. The first kappa shape index (κ1) is 87.4. The Morgan fingerprint density at radius 1 is 0.429 bits per heavy atom. The van der Waals surface area contributed by atoms with Crippen molar-refractivity contribution in [1.29, 1.82) is 0 Å². The van der Waals surface area contributed by atoms with Crippen molar-refractivity contribution < 1.29 is 71.8 Å². The molecule has 4 saturated carbocycles. The second-order valence-electron chi connectivity index (χ2n) is 29.5. The number of anilines is 4. The molecule has 0 aliphatic heterocycles. The highest BCUT2D eigenvalue weighted by atomic mass is 32.2. The van der Waals surface area contributed by atoms with Gasteiger partial charge in [-0.05, 0) is 206 Å². The summed E-state index contributed by atoms with van der Waals surface area (Å²) in [5, 5.41) is 10.5. The number of H-pyrrole nitrogens is 4. The van der Waals surface area contributed by atoms with Crippen molar-refractivity contribution >= 4 is 131 Å². The number of aromatic nitrogens is 8. The van der Waals surface area contributed by atoms with Crippen molar-refractivity contribution in [3.63, 3.8) is 0 Å².